The minimum atomic E-state index is 0.192. The van der Waals surface area contributed by atoms with Crippen LogP contribution in [-0.2, 0) is 0 Å². The number of hydrogen-bond acceptors (Lipinski definition) is 3. The summed E-state index contributed by atoms with van der Waals surface area (Å²) < 4.78 is 1.14. The van der Waals surface area contributed by atoms with Gasteiger partial charge in [-0.05, 0) is 30.3 Å². The molecule has 0 aliphatic carbocycles. The number of alkyl halides is 1. The topological polar surface area (TPSA) is 51.3 Å². The molecule has 1 aromatic heterocycles. The van der Waals surface area contributed by atoms with E-state index in [0.29, 0.717) is 16.5 Å². The van der Waals surface area contributed by atoms with E-state index in [4.69, 9.17) is 28.9 Å². The number of halogens is 2. The molecule has 0 atom stereocenters. The van der Waals surface area contributed by atoms with Gasteiger partial charge >= 0.3 is 0 Å². The molecule has 6 heteroatoms. The lowest BCUT2D eigenvalue weighted by atomic mass is 10.2. The van der Waals surface area contributed by atoms with Crippen molar-refractivity contribution in [3.05, 3.63) is 47.5 Å². The molecule has 0 spiro atoms. The van der Waals surface area contributed by atoms with Crippen molar-refractivity contribution in [2.45, 2.75) is 0 Å². The second-order valence-electron chi connectivity index (χ2n) is 4.39. The lowest BCUT2D eigenvalue weighted by Gasteiger charge is -2.02. The van der Waals surface area contributed by atoms with Gasteiger partial charge in [-0.25, -0.2) is 9.98 Å². The van der Waals surface area contributed by atoms with E-state index < -0.39 is 0 Å². The van der Waals surface area contributed by atoms with Crippen LogP contribution in [0.25, 0.3) is 20.8 Å². The van der Waals surface area contributed by atoms with E-state index in [0.717, 1.165) is 20.8 Å². The molecule has 21 heavy (non-hydrogen) atoms. The van der Waals surface area contributed by atoms with Crippen molar-refractivity contribution in [2.24, 2.45) is 10.7 Å². The van der Waals surface area contributed by atoms with Crippen molar-refractivity contribution < 1.29 is 0 Å². The molecule has 0 bridgehead atoms. The predicted molar refractivity (Wildman–Crippen MR) is 92.1 cm³/mol. The smallest absolute Gasteiger partial charge is 0.126 e. The van der Waals surface area contributed by atoms with Gasteiger partial charge in [0.1, 0.15) is 10.8 Å². The first-order valence-electron chi connectivity index (χ1n) is 6.22. The minimum absolute atomic E-state index is 0.192. The summed E-state index contributed by atoms with van der Waals surface area (Å²) in [4.78, 5) is 8.78. The van der Waals surface area contributed by atoms with Crippen LogP contribution in [0.2, 0.25) is 5.02 Å². The molecule has 1 heterocycles. The number of aromatic nitrogens is 1. The van der Waals surface area contributed by atoms with Crippen LogP contribution in [0.3, 0.4) is 0 Å². The fraction of sp³-hybridized carbons (Fsp3) is 0.0667. The molecule has 0 saturated heterocycles. The molecule has 3 rings (SSSR count). The highest BCUT2D eigenvalue weighted by Crippen LogP contribution is 2.36. The van der Waals surface area contributed by atoms with Crippen molar-refractivity contribution in [3.8, 4) is 10.6 Å². The lowest BCUT2D eigenvalue weighted by molar-refractivity contribution is 1.44. The van der Waals surface area contributed by atoms with E-state index in [-0.39, 0.29) is 5.88 Å². The van der Waals surface area contributed by atoms with Crippen LogP contribution in [-0.4, -0.2) is 16.7 Å². The molecule has 2 N–H and O–H groups in total. The van der Waals surface area contributed by atoms with E-state index in [9.17, 15) is 0 Å². The fourth-order valence-corrected chi connectivity index (χ4v) is 3.32. The first-order chi connectivity index (χ1) is 10.2. The maximum atomic E-state index is 6.34. The molecule has 0 fully saturated rings. The monoisotopic (exact) mass is 335 g/mol. The van der Waals surface area contributed by atoms with Gasteiger partial charge in [-0.1, -0.05) is 23.7 Å². The normalized spacial score (nSPS) is 12.0. The number of aliphatic imine (C=N–C) groups is 1. The molecule has 0 amide bonds. The zero-order valence-corrected chi connectivity index (χ0v) is 13.2. The Balaban J connectivity index is 2.03. The van der Waals surface area contributed by atoms with Crippen LogP contribution in [0.4, 0.5) is 5.69 Å². The molecule has 0 unspecified atom stereocenters. The third kappa shape index (κ3) is 3.02. The van der Waals surface area contributed by atoms with Crippen molar-refractivity contribution in [3.63, 3.8) is 0 Å². The van der Waals surface area contributed by atoms with Gasteiger partial charge in [0.2, 0.25) is 0 Å². The van der Waals surface area contributed by atoms with Gasteiger partial charge in [0, 0.05) is 5.56 Å². The molecular formula is C15H11Cl2N3S. The number of rotatable bonds is 3. The minimum Gasteiger partial charge on any atom is -0.386 e. The highest BCUT2D eigenvalue weighted by atomic mass is 35.5. The molecule has 2 aromatic carbocycles. The number of benzene rings is 2. The third-order valence-electron chi connectivity index (χ3n) is 2.89. The van der Waals surface area contributed by atoms with E-state index in [1.165, 1.54) is 0 Å². The third-order valence-corrected chi connectivity index (χ3v) is 4.54. The Morgan fingerprint density at radius 2 is 2.05 bits per heavy atom. The van der Waals surface area contributed by atoms with Gasteiger partial charge in [-0.15, -0.1) is 22.9 Å². The van der Waals surface area contributed by atoms with Gasteiger partial charge < -0.3 is 5.73 Å². The van der Waals surface area contributed by atoms with Crippen molar-refractivity contribution in [1.29, 1.82) is 0 Å². The summed E-state index contributed by atoms with van der Waals surface area (Å²) in [7, 11) is 0. The SMILES string of the molecule is NC(CCl)=Nc1ccc(-c2nc3ccccc3s2)c(Cl)c1. The summed E-state index contributed by atoms with van der Waals surface area (Å²) in [6, 6.07) is 13.5. The Hall–Kier alpha value is -1.62. The first-order valence-corrected chi connectivity index (χ1v) is 7.95. The van der Waals surface area contributed by atoms with Gasteiger partial charge in [-0.3, -0.25) is 0 Å². The molecule has 0 aliphatic heterocycles. The zero-order valence-electron chi connectivity index (χ0n) is 10.9. The standard InChI is InChI=1S/C15H11Cl2N3S/c16-8-14(18)19-9-5-6-10(11(17)7-9)15-20-12-3-1-2-4-13(12)21-15/h1-7H,8H2,(H2,18,19). The van der Waals surface area contributed by atoms with E-state index in [2.05, 4.69) is 9.98 Å². The second kappa shape index (κ2) is 6.02. The molecule has 0 radical (unpaired) electrons. The van der Waals surface area contributed by atoms with E-state index >= 15 is 0 Å². The molecular weight excluding hydrogens is 325 g/mol. The lowest BCUT2D eigenvalue weighted by Crippen LogP contribution is -2.12. The summed E-state index contributed by atoms with van der Waals surface area (Å²) in [5.74, 6) is 0.553. The number of amidine groups is 1. The Morgan fingerprint density at radius 3 is 2.76 bits per heavy atom. The Kier molecular flexibility index (Phi) is 4.10. The van der Waals surface area contributed by atoms with E-state index in [1.54, 1.807) is 17.4 Å². The molecule has 0 aliphatic rings. The fourth-order valence-electron chi connectivity index (χ4n) is 1.93. The number of nitrogens with zero attached hydrogens (tertiary/aromatic N) is 2. The number of para-hydroxylation sites is 1. The van der Waals surface area contributed by atoms with Gasteiger partial charge in [0.15, 0.2) is 0 Å². The number of hydrogen-bond donors (Lipinski definition) is 1. The van der Waals surface area contributed by atoms with Gasteiger partial charge in [-0.2, -0.15) is 0 Å². The largest absolute Gasteiger partial charge is 0.386 e. The highest BCUT2D eigenvalue weighted by Gasteiger charge is 2.10. The van der Waals surface area contributed by atoms with Gasteiger partial charge in [0.25, 0.3) is 0 Å². The Bertz CT molecular complexity index is 794. The Labute approximate surface area is 136 Å². The number of nitrogens with two attached hydrogens (primary N) is 1. The van der Waals surface area contributed by atoms with Gasteiger partial charge in [0.05, 0.1) is 26.8 Å². The van der Waals surface area contributed by atoms with Crippen molar-refractivity contribution in [1.82, 2.24) is 4.98 Å². The average Bonchev–Trinajstić information content (AvgIpc) is 2.90. The van der Waals surface area contributed by atoms with Crippen molar-refractivity contribution in [2.75, 3.05) is 5.88 Å². The summed E-state index contributed by atoms with van der Waals surface area (Å²) in [5, 5.41) is 1.49. The maximum Gasteiger partial charge on any atom is 0.126 e. The number of thiazole rings is 1. The summed E-state index contributed by atoms with van der Waals surface area (Å²) in [6.45, 7) is 0. The van der Waals surface area contributed by atoms with Crippen LogP contribution in [0.15, 0.2) is 47.5 Å². The summed E-state index contributed by atoms with van der Waals surface area (Å²) in [6.07, 6.45) is 0. The molecule has 0 saturated carbocycles. The highest BCUT2D eigenvalue weighted by molar-refractivity contribution is 7.21. The predicted octanol–water partition coefficient (Wildman–Crippen LogP) is 4.84. The van der Waals surface area contributed by atoms with Crippen LogP contribution in [0, 0.1) is 0 Å². The zero-order chi connectivity index (χ0) is 14.8. The quantitative estimate of drug-likeness (QED) is 0.422. The molecule has 106 valence electrons. The van der Waals surface area contributed by atoms with E-state index in [1.807, 2.05) is 36.4 Å². The first kappa shape index (κ1) is 14.3. The van der Waals surface area contributed by atoms with Crippen LogP contribution >= 0.6 is 34.5 Å². The maximum absolute atomic E-state index is 6.34. The Morgan fingerprint density at radius 1 is 1.24 bits per heavy atom. The summed E-state index contributed by atoms with van der Waals surface area (Å²) >= 11 is 13.6. The molecule has 3 aromatic rings. The molecule has 3 nitrogen and oxygen atoms in total. The second-order valence-corrected chi connectivity index (χ2v) is 6.09. The van der Waals surface area contributed by atoms with Crippen LogP contribution in [0.5, 0.6) is 0 Å². The van der Waals surface area contributed by atoms with Crippen LogP contribution < -0.4 is 5.73 Å². The summed E-state index contributed by atoms with van der Waals surface area (Å²) in [5.41, 5.74) is 8.17. The van der Waals surface area contributed by atoms with Crippen LogP contribution in [0.1, 0.15) is 0 Å². The van der Waals surface area contributed by atoms with Crippen molar-refractivity contribution >= 4 is 56.3 Å². The average molecular weight is 336 g/mol. The number of fused-ring (bicyclic) bond motifs is 1.